The van der Waals surface area contributed by atoms with E-state index in [0.29, 0.717) is 24.4 Å². The second kappa shape index (κ2) is 9.85. The van der Waals surface area contributed by atoms with E-state index < -0.39 is 5.92 Å². The highest BCUT2D eigenvalue weighted by molar-refractivity contribution is 6.03. The van der Waals surface area contributed by atoms with E-state index in [1.165, 1.54) is 18.5 Å². The number of hydrogen-bond donors (Lipinski definition) is 1. The van der Waals surface area contributed by atoms with Gasteiger partial charge in [0.2, 0.25) is 11.8 Å². The second-order valence-corrected chi connectivity index (χ2v) is 8.32. The van der Waals surface area contributed by atoms with Gasteiger partial charge in [0, 0.05) is 43.1 Å². The van der Waals surface area contributed by atoms with Gasteiger partial charge in [-0.1, -0.05) is 6.92 Å². The summed E-state index contributed by atoms with van der Waals surface area (Å²) in [5.41, 5.74) is 3.02. The summed E-state index contributed by atoms with van der Waals surface area (Å²) in [7, 11) is 0. The van der Waals surface area contributed by atoms with E-state index in [1.807, 2.05) is 19.1 Å². The van der Waals surface area contributed by atoms with Gasteiger partial charge >= 0.3 is 5.97 Å². The molecular formula is C25H29N3O4. The molecule has 2 amide bonds. The topological polar surface area (TPSA) is 78.9 Å². The molecule has 1 N–H and O–H groups in total. The van der Waals surface area contributed by atoms with Gasteiger partial charge in [-0.05, 0) is 67.8 Å². The molecule has 0 radical (unpaired) electrons. The molecule has 4 rings (SSSR count). The van der Waals surface area contributed by atoms with Crippen LogP contribution >= 0.6 is 0 Å². The Morgan fingerprint density at radius 1 is 1.00 bits per heavy atom. The molecule has 2 aliphatic heterocycles. The van der Waals surface area contributed by atoms with Crippen molar-refractivity contribution in [1.29, 1.82) is 0 Å². The molecule has 2 aliphatic rings. The van der Waals surface area contributed by atoms with Crippen molar-refractivity contribution in [1.82, 2.24) is 0 Å². The average molecular weight is 436 g/mol. The Morgan fingerprint density at radius 3 is 2.31 bits per heavy atom. The van der Waals surface area contributed by atoms with Crippen LogP contribution in [0.5, 0.6) is 0 Å². The van der Waals surface area contributed by atoms with Crippen LogP contribution in [0.2, 0.25) is 0 Å². The minimum atomic E-state index is -0.421. The van der Waals surface area contributed by atoms with Gasteiger partial charge in [-0.25, -0.2) is 4.79 Å². The highest BCUT2D eigenvalue weighted by atomic mass is 16.5. The molecule has 2 aromatic rings. The van der Waals surface area contributed by atoms with E-state index in [4.69, 9.17) is 4.74 Å². The number of rotatable bonds is 7. The van der Waals surface area contributed by atoms with Gasteiger partial charge in [-0.15, -0.1) is 0 Å². The maximum atomic E-state index is 12.7. The number of amides is 2. The molecule has 2 heterocycles. The summed E-state index contributed by atoms with van der Waals surface area (Å²) >= 11 is 0. The summed E-state index contributed by atoms with van der Waals surface area (Å²) in [5, 5.41) is 2.86. The lowest BCUT2D eigenvalue weighted by Crippen LogP contribution is -2.28. The molecule has 0 bridgehead atoms. The van der Waals surface area contributed by atoms with Crippen molar-refractivity contribution in [3.8, 4) is 0 Å². The first-order valence-corrected chi connectivity index (χ1v) is 11.3. The molecule has 7 nitrogen and oxygen atoms in total. The lowest BCUT2D eigenvalue weighted by atomic mass is 10.1. The minimum Gasteiger partial charge on any atom is -0.462 e. The third-order valence-corrected chi connectivity index (χ3v) is 5.95. The Kier molecular flexibility index (Phi) is 6.73. The number of ether oxygens (including phenoxy) is 1. The molecule has 32 heavy (non-hydrogen) atoms. The summed E-state index contributed by atoms with van der Waals surface area (Å²) in [6.45, 7) is 4.82. The van der Waals surface area contributed by atoms with E-state index in [-0.39, 0.29) is 24.2 Å². The van der Waals surface area contributed by atoms with Crippen LogP contribution in [-0.4, -0.2) is 44.0 Å². The first-order chi connectivity index (χ1) is 15.5. The lowest BCUT2D eigenvalue weighted by Gasteiger charge is -2.20. The quantitative estimate of drug-likeness (QED) is 0.669. The highest BCUT2D eigenvalue weighted by Crippen LogP contribution is 2.29. The van der Waals surface area contributed by atoms with Gasteiger partial charge in [-0.3, -0.25) is 9.59 Å². The van der Waals surface area contributed by atoms with Crippen LogP contribution in [0, 0.1) is 5.92 Å². The van der Waals surface area contributed by atoms with Crippen LogP contribution in [0.1, 0.15) is 43.0 Å². The van der Waals surface area contributed by atoms with Crippen LogP contribution in [-0.2, 0) is 14.3 Å². The maximum absolute atomic E-state index is 12.7. The van der Waals surface area contributed by atoms with Crippen molar-refractivity contribution in [3.05, 3.63) is 54.1 Å². The van der Waals surface area contributed by atoms with Gasteiger partial charge in [-0.2, -0.15) is 0 Å². The fourth-order valence-corrected chi connectivity index (χ4v) is 4.16. The largest absolute Gasteiger partial charge is 0.462 e. The molecular weight excluding hydrogens is 406 g/mol. The van der Waals surface area contributed by atoms with Crippen LogP contribution < -0.4 is 15.1 Å². The Bertz CT molecular complexity index is 966. The van der Waals surface area contributed by atoms with Crippen LogP contribution in [0.4, 0.5) is 17.1 Å². The standard InChI is InChI=1S/C25H29N3O4/c1-2-15-32-25(31)18-5-7-20(8-6-18)26-24(30)19-16-23(29)28(17-19)22-11-9-21(10-12-22)27-13-3-4-14-27/h5-12,19H,2-4,13-17H2,1H3,(H,26,30). The van der Waals surface area contributed by atoms with Crippen LogP contribution in [0.25, 0.3) is 0 Å². The maximum Gasteiger partial charge on any atom is 0.338 e. The molecule has 7 heteroatoms. The summed E-state index contributed by atoms with van der Waals surface area (Å²) in [5.74, 6) is -1.05. The smallest absolute Gasteiger partial charge is 0.338 e. The molecule has 0 saturated carbocycles. The second-order valence-electron chi connectivity index (χ2n) is 8.32. The predicted molar refractivity (Wildman–Crippen MR) is 124 cm³/mol. The predicted octanol–water partition coefficient (Wildman–Crippen LogP) is 3.85. The van der Waals surface area contributed by atoms with Crippen molar-refractivity contribution in [3.63, 3.8) is 0 Å². The molecule has 2 saturated heterocycles. The van der Waals surface area contributed by atoms with Crippen LogP contribution in [0.15, 0.2) is 48.5 Å². The third-order valence-electron chi connectivity index (χ3n) is 5.95. The van der Waals surface area contributed by atoms with E-state index in [0.717, 1.165) is 25.2 Å². The summed E-state index contributed by atoms with van der Waals surface area (Å²) in [6, 6.07) is 14.6. The normalized spacial score (nSPS) is 18.2. The number of carbonyl (C=O) groups is 3. The first-order valence-electron chi connectivity index (χ1n) is 11.3. The number of nitrogens with one attached hydrogen (secondary N) is 1. The lowest BCUT2D eigenvalue weighted by molar-refractivity contribution is -0.122. The molecule has 168 valence electrons. The minimum absolute atomic E-state index is 0.0481. The van der Waals surface area contributed by atoms with Crippen molar-refractivity contribution >= 4 is 34.8 Å². The van der Waals surface area contributed by atoms with E-state index in [9.17, 15) is 14.4 Å². The molecule has 0 aliphatic carbocycles. The Balaban J connectivity index is 1.34. The average Bonchev–Trinajstić information content (AvgIpc) is 3.48. The number of hydrogen-bond acceptors (Lipinski definition) is 5. The number of nitrogens with zero attached hydrogens (tertiary/aromatic N) is 2. The van der Waals surface area contributed by atoms with Gasteiger partial charge in [0.05, 0.1) is 18.1 Å². The van der Waals surface area contributed by atoms with Gasteiger partial charge in [0.1, 0.15) is 0 Å². The molecule has 0 spiro atoms. The zero-order chi connectivity index (χ0) is 22.5. The van der Waals surface area contributed by atoms with Crippen molar-refractivity contribution in [2.75, 3.05) is 41.4 Å². The number of benzene rings is 2. The fraction of sp³-hybridized carbons (Fsp3) is 0.400. The number of anilines is 3. The van der Waals surface area contributed by atoms with Crippen molar-refractivity contribution in [2.24, 2.45) is 5.92 Å². The van der Waals surface area contributed by atoms with E-state index in [2.05, 4.69) is 22.3 Å². The zero-order valence-electron chi connectivity index (χ0n) is 18.4. The van der Waals surface area contributed by atoms with E-state index >= 15 is 0 Å². The molecule has 1 unspecified atom stereocenters. The highest BCUT2D eigenvalue weighted by Gasteiger charge is 2.35. The Hall–Kier alpha value is -3.35. The van der Waals surface area contributed by atoms with Gasteiger partial charge < -0.3 is 19.9 Å². The first kappa shape index (κ1) is 21.9. The van der Waals surface area contributed by atoms with Crippen LogP contribution in [0.3, 0.4) is 0 Å². The zero-order valence-corrected chi connectivity index (χ0v) is 18.4. The SMILES string of the molecule is CCCOC(=O)c1ccc(NC(=O)C2CC(=O)N(c3ccc(N4CCCC4)cc3)C2)cc1. The third kappa shape index (κ3) is 4.93. The summed E-state index contributed by atoms with van der Waals surface area (Å²) < 4.78 is 5.11. The molecule has 2 fully saturated rings. The molecule has 0 aromatic heterocycles. The number of esters is 1. The van der Waals surface area contributed by atoms with Crippen molar-refractivity contribution < 1.29 is 19.1 Å². The van der Waals surface area contributed by atoms with Gasteiger partial charge in [0.15, 0.2) is 0 Å². The number of carbonyl (C=O) groups excluding carboxylic acids is 3. The van der Waals surface area contributed by atoms with Gasteiger partial charge in [0.25, 0.3) is 0 Å². The summed E-state index contributed by atoms with van der Waals surface area (Å²) in [4.78, 5) is 41.2. The summed E-state index contributed by atoms with van der Waals surface area (Å²) in [6.07, 6.45) is 3.38. The Morgan fingerprint density at radius 2 is 1.66 bits per heavy atom. The fourth-order valence-electron chi connectivity index (χ4n) is 4.16. The molecule has 2 aromatic carbocycles. The Labute approximate surface area is 188 Å². The monoisotopic (exact) mass is 435 g/mol. The van der Waals surface area contributed by atoms with E-state index in [1.54, 1.807) is 29.2 Å². The molecule has 1 atom stereocenters. The van der Waals surface area contributed by atoms with Crippen molar-refractivity contribution in [2.45, 2.75) is 32.6 Å².